The molecule has 0 saturated carbocycles. The molecule has 0 radical (unpaired) electrons. The molecule has 19 heavy (non-hydrogen) atoms. The summed E-state index contributed by atoms with van der Waals surface area (Å²) in [6.45, 7) is 12.4. The van der Waals surface area contributed by atoms with Gasteiger partial charge in [-0.1, -0.05) is 0 Å². The van der Waals surface area contributed by atoms with Crippen molar-refractivity contribution in [2.75, 3.05) is 32.7 Å². The van der Waals surface area contributed by atoms with E-state index in [9.17, 15) is 0 Å². The first-order valence-corrected chi connectivity index (χ1v) is 7.16. The molecule has 0 spiro atoms. The summed E-state index contributed by atoms with van der Waals surface area (Å²) in [6.07, 6.45) is 1.65. The lowest BCUT2D eigenvalue weighted by molar-refractivity contribution is 0.0975. The third-order valence-electron chi connectivity index (χ3n) is 3.87. The summed E-state index contributed by atoms with van der Waals surface area (Å²) in [7, 11) is 0. The van der Waals surface area contributed by atoms with E-state index >= 15 is 0 Å². The molecule has 2 heterocycles. The van der Waals surface area contributed by atoms with E-state index in [2.05, 4.69) is 40.7 Å². The summed E-state index contributed by atoms with van der Waals surface area (Å²) in [5.41, 5.74) is 5.72. The molecule has 1 aliphatic rings. The van der Waals surface area contributed by atoms with E-state index in [1.54, 1.807) is 6.33 Å². The molecule has 108 valence electrons. The van der Waals surface area contributed by atoms with Gasteiger partial charge in [0.05, 0.1) is 6.54 Å². The summed E-state index contributed by atoms with van der Waals surface area (Å²) in [6, 6.07) is 0.859. The Bertz CT molecular complexity index is 380. The minimum atomic E-state index is 0.371. The number of nitrogens with two attached hydrogens (primary N) is 1. The Labute approximate surface area is 115 Å². The summed E-state index contributed by atoms with van der Waals surface area (Å²) in [4.78, 5) is 9.29. The van der Waals surface area contributed by atoms with Crippen LogP contribution >= 0.6 is 0 Å². The fourth-order valence-electron chi connectivity index (χ4n) is 2.53. The Balaban J connectivity index is 1.87. The second kappa shape index (κ2) is 6.45. The normalized spacial score (nSPS) is 20.1. The highest BCUT2D eigenvalue weighted by Crippen LogP contribution is 2.11. The quantitative estimate of drug-likeness (QED) is 0.832. The van der Waals surface area contributed by atoms with Gasteiger partial charge in [0.2, 0.25) is 0 Å². The van der Waals surface area contributed by atoms with Crippen LogP contribution in [0.1, 0.15) is 32.6 Å². The largest absolute Gasteiger partial charge is 0.329 e. The molecule has 1 fully saturated rings. The lowest BCUT2D eigenvalue weighted by atomic mass is 10.2. The molecule has 6 heteroatoms. The molecule has 0 aliphatic carbocycles. The zero-order chi connectivity index (χ0) is 13.8. The van der Waals surface area contributed by atoms with Crippen molar-refractivity contribution in [1.29, 1.82) is 0 Å². The van der Waals surface area contributed by atoms with Crippen LogP contribution in [-0.2, 0) is 6.54 Å². The SMILES string of the molecule is CC(CN)N1CCN(Cc2ncnn2C(C)C)CC1. The molecule has 1 saturated heterocycles. The van der Waals surface area contributed by atoms with Crippen LogP contribution in [0.2, 0.25) is 0 Å². The fourth-order valence-corrected chi connectivity index (χ4v) is 2.53. The zero-order valence-corrected chi connectivity index (χ0v) is 12.3. The Morgan fingerprint density at radius 2 is 1.89 bits per heavy atom. The average Bonchev–Trinajstić information content (AvgIpc) is 2.87. The van der Waals surface area contributed by atoms with Gasteiger partial charge < -0.3 is 5.73 Å². The van der Waals surface area contributed by atoms with Gasteiger partial charge in [-0.15, -0.1) is 0 Å². The first-order chi connectivity index (χ1) is 9.11. The number of rotatable bonds is 5. The molecule has 1 aliphatic heterocycles. The second-order valence-electron chi connectivity index (χ2n) is 5.61. The number of aromatic nitrogens is 3. The zero-order valence-electron chi connectivity index (χ0n) is 12.3. The van der Waals surface area contributed by atoms with E-state index in [0.717, 1.165) is 45.1 Å². The van der Waals surface area contributed by atoms with Crippen molar-refractivity contribution in [2.24, 2.45) is 5.73 Å². The summed E-state index contributed by atoms with van der Waals surface area (Å²) in [5.74, 6) is 1.07. The van der Waals surface area contributed by atoms with Crippen LogP contribution in [0.25, 0.3) is 0 Å². The number of nitrogens with zero attached hydrogens (tertiary/aromatic N) is 5. The Morgan fingerprint density at radius 1 is 1.21 bits per heavy atom. The maximum absolute atomic E-state index is 5.72. The highest BCUT2D eigenvalue weighted by Gasteiger charge is 2.21. The number of hydrogen-bond acceptors (Lipinski definition) is 5. The highest BCUT2D eigenvalue weighted by molar-refractivity contribution is 4.88. The molecule has 2 rings (SSSR count). The van der Waals surface area contributed by atoms with Gasteiger partial charge in [0.15, 0.2) is 0 Å². The van der Waals surface area contributed by atoms with Gasteiger partial charge in [-0.3, -0.25) is 9.80 Å². The van der Waals surface area contributed by atoms with Crippen molar-refractivity contribution in [1.82, 2.24) is 24.6 Å². The van der Waals surface area contributed by atoms with Crippen molar-refractivity contribution in [3.8, 4) is 0 Å². The summed E-state index contributed by atoms with van der Waals surface area (Å²) < 4.78 is 2.01. The lowest BCUT2D eigenvalue weighted by Gasteiger charge is -2.37. The van der Waals surface area contributed by atoms with Crippen LogP contribution in [0.3, 0.4) is 0 Å². The topological polar surface area (TPSA) is 63.2 Å². The lowest BCUT2D eigenvalue weighted by Crippen LogP contribution is -2.51. The fraction of sp³-hybridized carbons (Fsp3) is 0.846. The van der Waals surface area contributed by atoms with Gasteiger partial charge >= 0.3 is 0 Å². The van der Waals surface area contributed by atoms with E-state index in [0.29, 0.717) is 12.1 Å². The van der Waals surface area contributed by atoms with Crippen LogP contribution in [0.15, 0.2) is 6.33 Å². The maximum Gasteiger partial charge on any atom is 0.141 e. The third kappa shape index (κ3) is 3.52. The monoisotopic (exact) mass is 266 g/mol. The summed E-state index contributed by atoms with van der Waals surface area (Å²) >= 11 is 0. The second-order valence-corrected chi connectivity index (χ2v) is 5.61. The Kier molecular flexibility index (Phi) is 4.90. The van der Waals surface area contributed by atoms with E-state index in [-0.39, 0.29) is 0 Å². The first kappa shape index (κ1) is 14.4. The van der Waals surface area contributed by atoms with Crippen molar-refractivity contribution < 1.29 is 0 Å². The van der Waals surface area contributed by atoms with Crippen LogP contribution in [0.4, 0.5) is 0 Å². The molecule has 2 N–H and O–H groups in total. The van der Waals surface area contributed by atoms with Crippen LogP contribution < -0.4 is 5.73 Å². The van der Waals surface area contributed by atoms with Crippen LogP contribution in [0.5, 0.6) is 0 Å². The number of hydrogen-bond donors (Lipinski definition) is 1. The molecular formula is C13H26N6. The van der Waals surface area contributed by atoms with E-state index in [1.165, 1.54) is 0 Å². The molecular weight excluding hydrogens is 240 g/mol. The first-order valence-electron chi connectivity index (χ1n) is 7.16. The molecule has 0 aromatic carbocycles. The van der Waals surface area contributed by atoms with Crippen molar-refractivity contribution >= 4 is 0 Å². The molecule has 1 unspecified atom stereocenters. The molecule has 1 atom stereocenters. The Hall–Kier alpha value is -0.980. The molecule has 1 aromatic heterocycles. The highest BCUT2D eigenvalue weighted by atomic mass is 15.4. The van der Waals surface area contributed by atoms with Crippen LogP contribution in [0, 0.1) is 0 Å². The Morgan fingerprint density at radius 3 is 2.47 bits per heavy atom. The molecule has 6 nitrogen and oxygen atoms in total. The number of piperazine rings is 1. The van der Waals surface area contributed by atoms with Gasteiger partial charge in [-0.25, -0.2) is 9.67 Å². The van der Waals surface area contributed by atoms with E-state index < -0.39 is 0 Å². The minimum Gasteiger partial charge on any atom is -0.329 e. The maximum atomic E-state index is 5.72. The average molecular weight is 266 g/mol. The van der Waals surface area contributed by atoms with Crippen molar-refractivity contribution in [3.05, 3.63) is 12.2 Å². The van der Waals surface area contributed by atoms with E-state index in [4.69, 9.17) is 5.73 Å². The smallest absolute Gasteiger partial charge is 0.141 e. The summed E-state index contributed by atoms with van der Waals surface area (Å²) in [5, 5.41) is 4.29. The third-order valence-corrected chi connectivity index (χ3v) is 3.87. The van der Waals surface area contributed by atoms with Gasteiger partial charge in [0.25, 0.3) is 0 Å². The van der Waals surface area contributed by atoms with E-state index in [1.807, 2.05) is 4.68 Å². The van der Waals surface area contributed by atoms with Gasteiger partial charge in [0, 0.05) is 44.8 Å². The van der Waals surface area contributed by atoms with Gasteiger partial charge in [-0.2, -0.15) is 5.10 Å². The van der Waals surface area contributed by atoms with Gasteiger partial charge in [-0.05, 0) is 20.8 Å². The predicted octanol–water partition coefficient (Wildman–Crippen LogP) is 0.324. The molecule has 0 amide bonds. The molecule has 1 aromatic rings. The van der Waals surface area contributed by atoms with Crippen molar-refractivity contribution in [2.45, 2.75) is 39.4 Å². The van der Waals surface area contributed by atoms with Crippen LogP contribution in [-0.4, -0.2) is 63.3 Å². The molecule has 0 bridgehead atoms. The predicted molar refractivity (Wildman–Crippen MR) is 75.8 cm³/mol. The van der Waals surface area contributed by atoms with Crippen molar-refractivity contribution in [3.63, 3.8) is 0 Å². The van der Waals surface area contributed by atoms with Gasteiger partial charge in [0.1, 0.15) is 12.2 Å². The minimum absolute atomic E-state index is 0.371. The standard InChI is InChI=1S/C13H26N6/c1-11(2)19-13(15-10-16-19)9-17-4-6-18(7-5-17)12(3)8-14/h10-12H,4-9,14H2,1-3H3.